The summed E-state index contributed by atoms with van der Waals surface area (Å²) in [5.74, 6) is 0.421. The lowest BCUT2D eigenvalue weighted by Crippen LogP contribution is -2.40. The summed E-state index contributed by atoms with van der Waals surface area (Å²) in [6, 6.07) is 4.94. The van der Waals surface area contributed by atoms with Crippen molar-refractivity contribution in [3.63, 3.8) is 0 Å². The average molecular weight is 404 g/mol. The van der Waals surface area contributed by atoms with Crippen molar-refractivity contribution in [2.45, 2.75) is 17.7 Å². The molecule has 2 rings (SSSR count). The molecule has 114 valence electrons. The average Bonchev–Trinajstić information content (AvgIpc) is 2.41. The second-order valence-corrected chi connectivity index (χ2v) is 7.77. The van der Waals surface area contributed by atoms with Gasteiger partial charge < -0.3 is 5.73 Å². The first-order valence-electron chi connectivity index (χ1n) is 6.11. The SMILES string of the molecule is Cl.NCC1CCN(S(=O)(=O)c2cccc(Br)c2Cl)CC1. The van der Waals surface area contributed by atoms with E-state index in [0.29, 0.717) is 30.0 Å². The van der Waals surface area contributed by atoms with Crippen molar-refractivity contribution in [2.75, 3.05) is 19.6 Å². The van der Waals surface area contributed by atoms with Gasteiger partial charge in [0.2, 0.25) is 10.0 Å². The number of sulfonamides is 1. The van der Waals surface area contributed by atoms with Crippen molar-refractivity contribution >= 4 is 50.0 Å². The van der Waals surface area contributed by atoms with Gasteiger partial charge >= 0.3 is 0 Å². The summed E-state index contributed by atoms with van der Waals surface area (Å²) in [4.78, 5) is 0.162. The highest BCUT2D eigenvalue weighted by Crippen LogP contribution is 2.32. The van der Waals surface area contributed by atoms with Crippen LogP contribution in [0.25, 0.3) is 0 Å². The highest BCUT2D eigenvalue weighted by atomic mass is 79.9. The van der Waals surface area contributed by atoms with Gasteiger partial charge in [0, 0.05) is 17.6 Å². The van der Waals surface area contributed by atoms with Crippen LogP contribution in [0.5, 0.6) is 0 Å². The summed E-state index contributed by atoms with van der Waals surface area (Å²) >= 11 is 9.33. The fourth-order valence-electron chi connectivity index (χ4n) is 2.21. The van der Waals surface area contributed by atoms with Gasteiger partial charge in [-0.25, -0.2) is 8.42 Å². The largest absolute Gasteiger partial charge is 0.330 e. The van der Waals surface area contributed by atoms with Crippen LogP contribution in [0.4, 0.5) is 0 Å². The van der Waals surface area contributed by atoms with E-state index in [1.807, 2.05) is 0 Å². The first-order chi connectivity index (χ1) is 8.96. The fraction of sp³-hybridized carbons (Fsp3) is 0.500. The van der Waals surface area contributed by atoms with Gasteiger partial charge in [-0.2, -0.15) is 4.31 Å². The normalized spacial score (nSPS) is 17.8. The molecular weight excluding hydrogens is 387 g/mol. The maximum Gasteiger partial charge on any atom is 0.244 e. The Morgan fingerprint density at radius 3 is 2.50 bits per heavy atom. The molecule has 1 fully saturated rings. The Morgan fingerprint density at radius 1 is 1.35 bits per heavy atom. The molecule has 0 spiro atoms. The van der Waals surface area contributed by atoms with Crippen LogP contribution in [0.15, 0.2) is 27.6 Å². The molecule has 1 aromatic carbocycles. The minimum Gasteiger partial charge on any atom is -0.330 e. The second-order valence-electron chi connectivity index (χ2n) is 4.64. The predicted octanol–water partition coefficient (Wildman–Crippen LogP) is 2.88. The number of halogens is 3. The lowest BCUT2D eigenvalue weighted by Gasteiger charge is -2.30. The summed E-state index contributed by atoms with van der Waals surface area (Å²) < 4.78 is 27.2. The summed E-state index contributed by atoms with van der Waals surface area (Å²) in [5.41, 5.74) is 5.62. The van der Waals surface area contributed by atoms with E-state index in [0.717, 1.165) is 12.8 Å². The Labute approximate surface area is 139 Å². The van der Waals surface area contributed by atoms with Crippen molar-refractivity contribution in [1.82, 2.24) is 4.31 Å². The molecule has 0 aliphatic carbocycles. The van der Waals surface area contributed by atoms with Gasteiger partial charge in [-0.05, 0) is 53.4 Å². The van der Waals surface area contributed by atoms with Crippen LogP contribution in [-0.2, 0) is 10.0 Å². The zero-order chi connectivity index (χ0) is 14.0. The molecule has 2 N–H and O–H groups in total. The predicted molar refractivity (Wildman–Crippen MR) is 86.9 cm³/mol. The summed E-state index contributed by atoms with van der Waals surface area (Å²) in [7, 11) is -3.52. The molecule has 1 heterocycles. The standard InChI is InChI=1S/C12H16BrClN2O2S.ClH/c13-10-2-1-3-11(12(10)14)19(17,18)16-6-4-9(8-15)5-7-16;/h1-3,9H,4-8,15H2;1H. The molecule has 0 atom stereocenters. The number of nitrogens with two attached hydrogens (primary N) is 1. The zero-order valence-electron chi connectivity index (χ0n) is 10.8. The van der Waals surface area contributed by atoms with Gasteiger partial charge in [0.1, 0.15) is 4.90 Å². The van der Waals surface area contributed by atoms with Crippen LogP contribution in [0.3, 0.4) is 0 Å². The molecule has 8 heteroatoms. The molecule has 1 aliphatic rings. The molecular formula is C12H17BrCl2N2O2S. The molecule has 0 unspecified atom stereocenters. The number of rotatable bonds is 3. The van der Waals surface area contributed by atoms with E-state index in [1.54, 1.807) is 12.1 Å². The first-order valence-corrected chi connectivity index (χ1v) is 8.72. The van der Waals surface area contributed by atoms with E-state index < -0.39 is 10.0 Å². The van der Waals surface area contributed by atoms with Crippen LogP contribution in [-0.4, -0.2) is 32.4 Å². The van der Waals surface area contributed by atoms with E-state index >= 15 is 0 Å². The Kier molecular flexibility index (Phi) is 6.76. The van der Waals surface area contributed by atoms with E-state index in [-0.39, 0.29) is 22.3 Å². The summed E-state index contributed by atoms with van der Waals surface area (Å²) in [6.45, 7) is 1.63. The third kappa shape index (κ3) is 3.67. The minimum atomic E-state index is -3.52. The highest BCUT2D eigenvalue weighted by molar-refractivity contribution is 9.10. The Bertz CT molecular complexity index is 561. The molecule has 0 saturated carbocycles. The third-order valence-corrected chi connectivity index (χ3v) is 6.79. The second kappa shape index (κ2) is 7.42. The molecule has 0 amide bonds. The van der Waals surface area contributed by atoms with Gasteiger partial charge in [-0.3, -0.25) is 0 Å². The summed E-state index contributed by atoms with van der Waals surface area (Å²) in [6.07, 6.45) is 1.61. The van der Waals surface area contributed by atoms with E-state index in [4.69, 9.17) is 17.3 Å². The van der Waals surface area contributed by atoms with Gasteiger partial charge in [-0.1, -0.05) is 17.7 Å². The number of nitrogens with zero attached hydrogens (tertiary/aromatic N) is 1. The van der Waals surface area contributed by atoms with Gasteiger partial charge in [0.05, 0.1) is 5.02 Å². The van der Waals surface area contributed by atoms with Gasteiger partial charge in [0.25, 0.3) is 0 Å². The van der Waals surface area contributed by atoms with Gasteiger partial charge in [-0.15, -0.1) is 12.4 Å². The van der Waals surface area contributed by atoms with Crippen molar-refractivity contribution in [3.8, 4) is 0 Å². The highest BCUT2D eigenvalue weighted by Gasteiger charge is 2.30. The lowest BCUT2D eigenvalue weighted by atomic mass is 9.99. The van der Waals surface area contributed by atoms with Gasteiger partial charge in [0.15, 0.2) is 0 Å². The van der Waals surface area contributed by atoms with Crippen LogP contribution in [0.2, 0.25) is 5.02 Å². The Hall–Kier alpha value is 0.150. The van der Waals surface area contributed by atoms with Crippen molar-refractivity contribution in [2.24, 2.45) is 11.7 Å². The Balaban J connectivity index is 0.00000200. The van der Waals surface area contributed by atoms with Crippen molar-refractivity contribution in [1.29, 1.82) is 0 Å². The first kappa shape index (κ1) is 18.2. The molecule has 1 saturated heterocycles. The van der Waals surface area contributed by atoms with Crippen LogP contribution in [0, 0.1) is 5.92 Å². The molecule has 1 aliphatic heterocycles. The van der Waals surface area contributed by atoms with Crippen LogP contribution in [0.1, 0.15) is 12.8 Å². The van der Waals surface area contributed by atoms with E-state index in [1.165, 1.54) is 10.4 Å². The molecule has 0 bridgehead atoms. The van der Waals surface area contributed by atoms with Crippen molar-refractivity contribution in [3.05, 3.63) is 27.7 Å². The number of piperidine rings is 1. The maximum atomic E-state index is 12.5. The van der Waals surface area contributed by atoms with E-state index in [9.17, 15) is 8.42 Å². The number of hydrogen-bond acceptors (Lipinski definition) is 3. The van der Waals surface area contributed by atoms with Crippen molar-refractivity contribution < 1.29 is 8.42 Å². The van der Waals surface area contributed by atoms with E-state index in [2.05, 4.69) is 15.9 Å². The molecule has 4 nitrogen and oxygen atoms in total. The molecule has 0 radical (unpaired) electrons. The quantitative estimate of drug-likeness (QED) is 0.843. The van der Waals surface area contributed by atoms with Crippen LogP contribution >= 0.6 is 39.9 Å². The zero-order valence-corrected chi connectivity index (χ0v) is 14.7. The number of hydrogen-bond donors (Lipinski definition) is 1. The third-order valence-electron chi connectivity index (χ3n) is 3.44. The smallest absolute Gasteiger partial charge is 0.244 e. The Morgan fingerprint density at radius 2 is 1.95 bits per heavy atom. The lowest BCUT2D eigenvalue weighted by molar-refractivity contribution is 0.278. The van der Waals surface area contributed by atoms with Crippen LogP contribution < -0.4 is 5.73 Å². The minimum absolute atomic E-state index is 0. The molecule has 1 aromatic rings. The number of benzene rings is 1. The maximum absolute atomic E-state index is 12.5. The molecule has 20 heavy (non-hydrogen) atoms. The fourth-order valence-corrected chi connectivity index (χ4v) is 4.68. The molecule has 0 aromatic heterocycles. The monoisotopic (exact) mass is 402 g/mol. The summed E-state index contributed by atoms with van der Waals surface area (Å²) in [5, 5.41) is 0.239. The topological polar surface area (TPSA) is 63.4 Å².